The van der Waals surface area contributed by atoms with Gasteiger partial charge in [0.1, 0.15) is 0 Å². The first-order valence-electron chi connectivity index (χ1n) is 4.53. The van der Waals surface area contributed by atoms with Gasteiger partial charge in [-0.25, -0.2) is 0 Å². The summed E-state index contributed by atoms with van der Waals surface area (Å²) < 4.78 is 0. The second kappa shape index (κ2) is 3.74. The molecule has 0 heterocycles. The molecule has 1 saturated carbocycles. The van der Waals surface area contributed by atoms with Crippen LogP contribution in [0.1, 0.15) is 39.5 Å². The number of carbonyl (C=O) groups excluding carboxylic acids is 1. The van der Waals surface area contributed by atoms with Gasteiger partial charge in [0.2, 0.25) is 5.91 Å². The summed E-state index contributed by atoms with van der Waals surface area (Å²) in [5.74, 6) is 0.236. The first-order valence-corrected chi connectivity index (χ1v) is 4.53. The highest BCUT2D eigenvalue weighted by atomic mass is 16.2. The molecule has 1 rings (SSSR count). The summed E-state index contributed by atoms with van der Waals surface area (Å²) in [6.07, 6.45) is 5.03. The van der Waals surface area contributed by atoms with Crippen molar-refractivity contribution in [1.82, 2.24) is 4.90 Å². The molecular weight excluding hydrogens is 138 g/mol. The molecule has 2 heteroatoms. The van der Waals surface area contributed by atoms with Crippen molar-refractivity contribution >= 4 is 5.91 Å². The average Bonchev–Trinajstić information content (AvgIpc) is 2.40. The highest BCUT2D eigenvalue weighted by Crippen LogP contribution is 2.23. The van der Waals surface area contributed by atoms with Gasteiger partial charge < -0.3 is 4.90 Å². The Morgan fingerprint density at radius 2 is 2.00 bits per heavy atom. The van der Waals surface area contributed by atoms with E-state index in [9.17, 15) is 4.79 Å². The van der Waals surface area contributed by atoms with Gasteiger partial charge in [-0.05, 0) is 19.8 Å². The van der Waals surface area contributed by atoms with Gasteiger partial charge in [-0.2, -0.15) is 0 Å². The molecule has 0 aliphatic heterocycles. The summed E-state index contributed by atoms with van der Waals surface area (Å²) in [4.78, 5) is 13.1. The van der Waals surface area contributed by atoms with Crippen LogP contribution in [0.25, 0.3) is 0 Å². The van der Waals surface area contributed by atoms with Crippen LogP contribution < -0.4 is 0 Å². The van der Waals surface area contributed by atoms with Crippen LogP contribution >= 0.6 is 0 Å². The maximum absolute atomic E-state index is 11.1. The Hall–Kier alpha value is -0.530. The van der Waals surface area contributed by atoms with Crippen molar-refractivity contribution in [2.45, 2.75) is 45.6 Å². The van der Waals surface area contributed by atoms with Gasteiger partial charge >= 0.3 is 0 Å². The van der Waals surface area contributed by atoms with Gasteiger partial charge in [-0.1, -0.05) is 12.8 Å². The minimum Gasteiger partial charge on any atom is -0.340 e. The average molecular weight is 155 g/mol. The maximum Gasteiger partial charge on any atom is 0.219 e. The SMILES string of the molecule is CCN(C(C)=O)C1CCCC1. The molecule has 2 nitrogen and oxygen atoms in total. The van der Waals surface area contributed by atoms with E-state index < -0.39 is 0 Å². The second-order valence-corrected chi connectivity index (χ2v) is 3.24. The lowest BCUT2D eigenvalue weighted by Gasteiger charge is -2.25. The van der Waals surface area contributed by atoms with E-state index in [-0.39, 0.29) is 5.91 Å². The number of amides is 1. The predicted octanol–water partition coefficient (Wildman–Crippen LogP) is 1.80. The molecular formula is C9H17NO. The van der Waals surface area contributed by atoms with E-state index in [2.05, 4.69) is 6.92 Å². The van der Waals surface area contributed by atoms with Crippen molar-refractivity contribution in [2.24, 2.45) is 0 Å². The molecule has 0 aromatic heterocycles. The molecule has 0 N–H and O–H groups in total. The number of carbonyl (C=O) groups is 1. The monoisotopic (exact) mass is 155 g/mol. The highest BCUT2D eigenvalue weighted by molar-refractivity contribution is 5.73. The van der Waals surface area contributed by atoms with Crippen molar-refractivity contribution in [3.8, 4) is 0 Å². The third-order valence-corrected chi connectivity index (χ3v) is 2.51. The zero-order chi connectivity index (χ0) is 8.27. The standard InChI is InChI=1S/C9H17NO/c1-3-10(8(2)11)9-6-4-5-7-9/h9H,3-7H2,1-2H3. The molecule has 0 unspecified atom stereocenters. The molecule has 0 atom stereocenters. The molecule has 0 spiro atoms. The van der Waals surface area contributed by atoms with Crippen molar-refractivity contribution in [2.75, 3.05) is 6.54 Å². The minimum atomic E-state index is 0.236. The Labute approximate surface area is 68.6 Å². The maximum atomic E-state index is 11.1. The molecule has 64 valence electrons. The van der Waals surface area contributed by atoms with Crippen LogP contribution in [0, 0.1) is 0 Å². The van der Waals surface area contributed by atoms with Gasteiger partial charge in [-0.15, -0.1) is 0 Å². The quantitative estimate of drug-likeness (QED) is 0.595. The fourth-order valence-corrected chi connectivity index (χ4v) is 1.95. The van der Waals surface area contributed by atoms with Crippen molar-refractivity contribution in [3.63, 3.8) is 0 Å². The van der Waals surface area contributed by atoms with E-state index in [1.807, 2.05) is 4.90 Å². The van der Waals surface area contributed by atoms with Crippen molar-refractivity contribution in [3.05, 3.63) is 0 Å². The van der Waals surface area contributed by atoms with Crippen molar-refractivity contribution < 1.29 is 4.79 Å². The van der Waals surface area contributed by atoms with Crippen LogP contribution in [-0.2, 0) is 4.79 Å². The van der Waals surface area contributed by atoms with Crippen LogP contribution in [0.15, 0.2) is 0 Å². The zero-order valence-corrected chi connectivity index (χ0v) is 7.47. The van der Waals surface area contributed by atoms with E-state index in [1.165, 1.54) is 25.7 Å². The van der Waals surface area contributed by atoms with Gasteiger partial charge in [-0.3, -0.25) is 4.79 Å². The number of rotatable bonds is 2. The van der Waals surface area contributed by atoms with Gasteiger partial charge in [0.15, 0.2) is 0 Å². The molecule has 1 fully saturated rings. The molecule has 1 amide bonds. The molecule has 0 saturated heterocycles. The zero-order valence-electron chi connectivity index (χ0n) is 7.47. The van der Waals surface area contributed by atoms with Crippen LogP contribution in [0.5, 0.6) is 0 Å². The van der Waals surface area contributed by atoms with Crippen molar-refractivity contribution in [1.29, 1.82) is 0 Å². The summed E-state index contributed by atoms with van der Waals surface area (Å²) in [5.41, 5.74) is 0. The lowest BCUT2D eigenvalue weighted by molar-refractivity contribution is -0.130. The largest absolute Gasteiger partial charge is 0.340 e. The number of hydrogen-bond acceptors (Lipinski definition) is 1. The molecule has 0 aromatic carbocycles. The molecule has 0 aromatic rings. The van der Waals surface area contributed by atoms with Gasteiger partial charge in [0.05, 0.1) is 0 Å². The lowest BCUT2D eigenvalue weighted by atomic mass is 10.2. The van der Waals surface area contributed by atoms with Gasteiger partial charge in [0, 0.05) is 19.5 Å². The smallest absolute Gasteiger partial charge is 0.219 e. The highest BCUT2D eigenvalue weighted by Gasteiger charge is 2.22. The Balaban J connectivity index is 2.46. The fraction of sp³-hybridized carbons (Fsp3) is 0.889. The van der Waals surface area contributed by atoms with Crippen LogP contribution in [0.4, 0.5) is 0 Å². The second-order valence-electron chi connectivity index (χ2n) is 3.24. The summed E-state index contributed by atoms with van der Waals surface area (Å²) in [7, 11) is 0. The first-order chi connectivity index (χ1) is 5.25. The minimum absolute atomic E-state index is 0.236. The summed E-state index contributed by atoms with van der Waals surface area (Å²) >= 11 is 0. The van der Waals surface area contributed by atoms with E-state index >= 15 is 0 Å². The van der Waals surface area contributed by atoms with E-state index in [0.717, 1.165) is 6.54 Å². The Bertz CT molecular complexity index is 138. The normalized spacial score (nSPS) is 18.7. The van der Waals surface area contributed by atoms with Crippen LogP contribution in [0.3, 0.4) is 0 Å². The predicted molar refractivity (Wildman–Crippen MR) is 45.3 cm³/mol. The van der Waals surface area contributed by atoms with Gasteiger partial charge in [0.25, 0.3) is 0 Å². The summed E-state index contributed by atoms with van der Waals surface area (Å²) in [6, 6.07) is 0.553. The van der Waals surface area contributed by atoms with E-state index in [4.69, 9.17) is 0 Å². The molecule has 11 heavy (non-hydrogen) atoms. The fourth-order valence-electron chi connectivity index (χ4n) is 1.95. The van der Waals surface area contributed by atoms with E-state index in [0.29, 0.717) is 6.04 Å². The molecule has 0 radical (unpaired) electrons. The number of nitrogens with zero attached hydrogens (tertiary/aromatic N) is 1. The first kappa shape index (κ1) is 8.57. The third-order valence-electron chi connectivity index (χ3n) is 2.51. The van der Waals surface area contributed by atoms with Crippen LogP contribution in [-0.4, -0.2) is 23.4 Å². The van der Waals surface area contributed by atoms with Crippen LogP contribution in [0.2, 0.25) is 0 Å². The summed E-state index contributed by atoms with van der Waals surface area (Å²) in [6.45, 7) is 4.60. The lowest BCUT2D eigenvalue weighted by Crippen LogP contribution is -2.36. The topological polar surface area (TPSA) is 20.3 Å². The van der Waals surface area contributed by atoms with E-state index in [1.54, 1.807) is 6.92 Å². The molecule has 1 aliphatic carbocycles. The molecule has 1 aliphatic rings. The Kier molecular flexibility index (Phi) is 2.92. The Morgan fingerprint density at radius 3 is 2.36 bits per heavy atom. The Morgan fingerprint density at radius 1 is 1.45 bits per heavy atom. The molecule has 0 bridgehead atoms. The third kappa shape index (κ3) is 1.95. The number of hydrogen-bond donors (Lipinski definition) is 0. The summed E-state index contributed by atoms with van der Waals surface area (Å²) in [5, 5.41) is 0.